The van der Waals surface area contributed by atoms with Crippen molar-refractivity contribution in [3.05, 3.63) is 47.6 Å². The van der Waals surface area contributed by atoms with Crippen molar-refractivity contribution in [3.8, 4) is 5.95 Å². The molecule has 0 aliphatic carbocycles. The average molecular weight is 367 g/mol. The lowest BCUT2D eigenvalue weighted by Gasteiger charge is -2.18. The smallest absolute Gasteiger partial charge is 0.259 e. The Morgan fingerprint density at radius 2 is 1.81 bits per heavy atom. The standard InChI is InChI=1S/C17H15ClN8/c1-17(2,3)12-8-20-23-26(12)16-22-21-14-10-6-4-5-7-11(10)24-13(25(14)16)9-19-15(24)18/h4-9H,1-3H3. The first-order valence-electron chi connectivity index (χ1n) is 8.17. The van der Waals surface area contributed by atoms with Crippen molar-refractivity contribution in [3.63, 3.8) is 0 Å². The molecule has 0 saturated heterocycles. The van der Waals surface area contributed by atoms with E-state index in [9.17, 15) is 0 Å². The van der Waals surface area contributed by atoms with Gasteiger partial charge in [0.15, 0.2) is 5.65 Å². The van der Waals surface area contributed by atoms with E-state index in [1.165, 1.54) is 0 Å². The second kappa shape index (κ2) is 5.01. The van der Waals surface area contributed by atoms with Crippen LogP contribution in [0.1, 0.15) is 26.5 Å². The van der Waals surface area contributed by atoms with E-state index in [1.54, 1.807) is 17.1 Å². The summed E-state index contributed by atoms with van der Waals surface area (Å²) in [6, 6.07) is 7.90. The lowest BCUT2D eigenvalue weighted by atomic mass is 9.93. The Morgan fingerprint density at radius 3 is 2.62 bits per heavy atom. The van der Waals surface area contributed by atoms with Gasteiger partial charge in [-0.2, -0.15) is 4.68 Å². The van der Waals surface area contributed by atoms with E-state index in [-0.39, 0.29) is 5.41 Å². The van der Waals surface area contributed by atoms with Crippen LogP contribution in [-0.2, 0) is 5.41 Å². The molecule has 0 fully saturated rings. The maximum atomic E-state index is 6.36. The van der Waals surface area contributed by atoms with Crippen molar-refractivity contribution < 1.29 is 0 Å². The largest absolute Gasteiger partial charge is 0.268 e. The third-order valence-corrected chi connectivity index (χ3v) is 4.73. The van der Waals surface area contributed by atoms with Crippen molar-refractivity contribution in [1.82, 2.24) is 39.0 Å². The first-order valence-corrected chi connectivity index (χ1v) is 8.55. The predicted octanol–water partition coefficient (Wildman–Crippen LogP) is 3.06. The summed E-state index contributed by atoms with van der Waals surface area (Å²) >= 11 is 6.36. The van der Waals surface area contributed by atoms with Gasteiger partial charge in [0.25, 0.3) is 5.95 Å². The topological polar surface area (TPSA) is 78.2 Å². The number of hydrogen-bond donors (Lipinski definition) is 0. The SMILES string of the molecule is CC(C)(C)c1cnnn1-c1nnc2c3ccccc3n3c(Cl)ncc3n12. The molecule has 26 heavy (non-hydrogen) atoms. The van der Waals surface area contributed by atoms with Crippen LogP contribution in [0, 0.1) is 0 Å². The number of para-hydroxylation sites is 1. The molecule has 4 heterocycles. The summed E-state index contributed by atoms with van der Waals surface area (Å²) in [6.07, 6.45) is 3.46. The van der Waals surface area contributed by atoms with Crippen LogP contribution in [-0.4, -0.2) is 39.0 Å². The lowest BCUT2D eigenvalue weighted by Crippen LogP contribution is -2.19. The molecule has 0 aliphatic rings. The van der Waals surface area contributed by atoms with Gasteiger partial charge in [0.05, 0.1) is 23.6 Å². The highest BCUT2D eigenvalue weighted by atomic mass is 35.5. The van der Waals surface area contributed by atoms with Gasteiger partial charge in [0.2, 0.25) is 5.28 Å². The van der Waals surface area contributed by atoms with Gasteiger partial charge in [-0.15, -0.1) is 15.3 Å². The summed E-state index contributed by atoms with van der Waals surface area (Å²) in [7, 11) is 0. The normalized spacial score (nSPS) is 12.6. The highest BCUT2D eigenvalue weighted by Gasteiger charge is 2.25. The van der Waals surface area contributed by atoms with Crippen LogP contribution in [0.4, 0.5) is 0 Å². The second-order valence-electron chi connectivity index (χ2n) is 7.18. The Bertz CT molecular complexity index is 1290. The third kappa shape index (κ3) is 1.93. The fourth-order valence-electron chi connectivity index (χ4n) is 3.25. The number of benzene rings is 1. The zero-order valence-electron chi connectivity index (χ0n) is 14.4. The molecule has 130 valence electrons. The summed E-state index contributed by atoms with van der Waals surface area (Å²) in [4.78, 5) is 4.28. The molecule has 5 aromatic rings. The maximum absolute atomic E-state index is 6.36. The van der Waals surface area contributed by atoms with Crippen LogP contribution >= 0.6 is 11.6 Å². The molecule has 8 nitrogen and oxygen atoms in total. The Labute approximate surface area is 153 Å². The van der Waals surface area contributed by atoms with E-state index >= 15 is 0 Å². The number of halogens is 1. The van der Waals surface area contributed by atoms with Gasteiger partial charge in [-0.3, -0.25) is 4.40 Å². The van der Waals surface area contributed by atoms with Crippen LogP contribution in [0.3, 0.4) is 0 Å². The van der Waals surface area contributed by atoms with E-state index in [4.69, 9.17) is 11.6 Å². The van der Waals surface area contributed by atoms with Crippen LogP contribution in [0.2, 0.25) is 5.28 Å². The van der Waals surface area contributed by atoms with Crippen LogP contribution < -0.4 is 0 Å². The van der Waals surface area contributed by atoms with Crippen LogP contribution in [0.15, 0.2) is 36.7 Å². The number of imidazole rings is 1. The molecule has 0 aliphatic heterocycles. The van der Waals surface area contributed by atoms with E-state index in [1.807, 2.05) is 33.1 Å². The number of fused-ring (bicyclic) bond motifs is 6. The minimum absolute atomic E-state index is 0.152. The Balaban J connectivity index is 1.98. The number of hydrogen-bond acceptors (Lipinski definition) is 5. The zero-order chi connectivity index (χ0) is 18.1. The van der Waals surface area contributed by atoms with Gasteiger partial charge < -0.3 is 0 Å². The number of nitrogens with zero attached hydrogens (tertiary/aromatic N) is 8. The average Bonchev–Trinajstić information content (AvgIpc) is 3.31. The van der Waals surface area contributed by atoms with Gasteiger partial charge in [-0.1, -0.05) is 38.1 Å². The summed E-state index contributed by atoms with van der Waals surface area (Å²) in [5.41, 5.74) is 3.18. The fourth-order valence-corrected chi connectivity index (χ4v) is 3.48. The molecule has 0 atom stereocenters. The van der Waals surface area contributed by atoms with Crippen molar-refractivity contribution in [2.24, 2.45) is 0 Å². The maximum Gasteiger partial charge on any atom is 0.259 e. The van der Waals surface area contributed by atoms with Crippen molar-refractivity contribution >= 4 is 33.8 Å². The molecule has 0 bridgehead atoms. The lowest BCUT2D eigenvalue weighted by molar-refractivity contribution is 0.535. The summed E-state index contributed by atoms with van der Waals surface area (Å²) in [5.74, 6) is 0.551. The summed E-state index contributed by atoms with van der Waals surface area (Å²) < 4.78 is 5.51. The highest BCUT2D eigenvalue weighted by molar-refractivity contribution is 6.29. The van der Waals surface area contributed by atoms with Crippen LogP contribution in [0.25, 0.3) is 28.1 Å². The van der Waals surface area contributed by atoms with E-state index < -0.39 is 0 Å². The molecule has 9 heteroatoms. The molecule has 1 aromatic carbocycles. The van der Waals surface area contributed by atoms with Gasteiger partial charge >= 0.3 is 0 Å². The minimum atomic E-state index is -0.152. The molecule has 0 unspecified atom stereocenters. The third-order valence-electron chi connectivity index (χ3n) is 4.47. The molecule has 0 N–H and O–H groups in total. The zero-order valence-corrected chi connectivity index (χ0v) is 15.2. The van der Waals surface area contributed by atoms with Gasteiger partial charge in [-0.25, -0.2) is 9.38 Å². The molecule has 5 rings (SSSR count). The summed E-state index contributed by atoms with van der Waals surface area (Å²) in [5, 5.41) is 18.5. The minimum Gasteiger partial charge on any atom is -0.268 e. The van der Waals surface area contributed by atoms with E-state index in [2.05, 4.69) is 46.3 Å². The first kappa shape index (κ1) is 15.3. The molecule has 0 radical (unpaired) electrons. The molecule has 4 aromatic heterocycles. The molecular weight excluding hydrogens is 352 g/mol. The quantitative estimate of drug-likeness (QED) is 0.455. The predicted molar refractivity (Wildman–Crippen MR) is 97.9 cm³/mol. The highest BCUT2D eigenvalue weighted by Crippen LogP contribution is 2.28. The molecule has 0 saturated carbocycles. The summed E-state index contributed by atoms with van der Waals surface area (Å²) in [6.45, 7) is 6.31. The van der Waals surface area contributed by atoms with Crippen LogP contribution in [0.5, 0.6) is 0 Å². The molecule has 0 amide bonds. The first-order chi connectivity index (χ1) is 12.5. The monoisotopic (exact) mass is 366 g/mol. The second-order valence-corrected chi connectivity index (χ2v) is 7.52. The van der Waals surface area contributed by atoms with E-state index in [0.717, 1.165) is 27.9 Å². The fraction of sp³-hybridized carbons (Fsp3) is 0.235. The number of aromatic nitrogens is 8. The Kier molecular flexibility index (Phi) is 2.94. The number of rotatable bonds is 1. The Morgan fingerprint density at radius 1 is 1.00 bits per heavy atom. The van der Waals surface area contributed by atoms with Crippen molar-refractivity contribution in [2.75, 3.05) is 0 Å². The van der Waals surface area contributed by atoms with Crippen molar-refractivity contribution in [2.45, 2.75) is 26.2 Å². The van der Waals surface area contributed by atoms with Crippen molar-refractivity contribution in [1.29, 1.82) is 0 Å². The Hall–Kier alpha value is -3.00. The molecule has 0 spiro atoms. The van der Waals surface area contributed by atoms with Gasteiger partial charge in [-0.05, 0) is 23.7 Å². The van der Waals surface area contributed by atoms with E-state index in [0.29, 0.717) is 11.2 Å². The van der Waals surface area contributed by atoms with Gasteiger partial charge in [0, 0.05) is 10.8 Å². The molecular formula is C17H15ClN8. The van der Waals surface area contributed by atoms with Gasteiger partial charge in [0.1, 0.15) is 5.65 Å².